The molecule has 2 rings (SSSR count). The van der Waals surface area contributed by atoms with E-state index in [0.717, 1.165) is 4.88 Å². The van der Waals surface area contributed by atoms with Crippen LogP contribution in [-0.4, -0.2) is 28.6 Å². The first-order valence-electron chi connectivity index (χ1n) is 6.17. The highest BCUT2D eigenvalue weighted by Crippen LogP contribution is 2.42. The zero-order valence-electron chi connectivity index (χ0n) is 10.9. The summed E-state index contributed by atoms with van der Waals surface area (Å²) in [6.07, 6.45) is 0.427. The first-order chi connectivity index (χ1) is 9.00. The van der Waals surface area contributed by atoms with Crippen molar-refractivity contribution >= 4 is 35.0 Å². The minimum absolute atomic E-state index is 0.113. The molecule has 6 heteroatoms. The van der Waals surface area contributed by atoms with Crippen LogP contribution >= 0.6 is 23.1 Å². The highest BCUT2D eigenvalue weighted by atomic mass is 32.2. The van der Waals surface area contributed by atoms with Gasteiger partial charge < -0.3 is 14.8 Å². The highest BCUT2D eigenvalue weighted by molar-refractivity contribution is 8.00. The molecule has 0 aromatic carbocycles. The Morgan fingerprint density at radius 3 is 2.84 bits per heavy atom. The first kappa shape index (κ1) is 14.4. The van der Waals surface area contributed by atoms with Gasteiger partial charge in [0.05, 0.1) is 17.8 Å². The number of thiophene rings is 1. The number of carbonyl (C=O) groups excluding carboxylic acids is 2. The maximum Gasteiger partial charge on any atom is 0.234 e. The lowest BCUT2D eigenvalue weighted by Gasteiger charge is -2.33. The molecule has 1 saturated heterocycles. The molecule has 1 aromatic rings. The van der Waals surface area contributed by atoms with Crippen molar-refractivity contribution in [3.8, 4) is 0 Å². The number of rotatable bonds is 5. The maximum atomic E-state index is 12.0. The van der Waals surface area contributed by atoms with Crippen molar-refractivity contribution in [2.24, 2.45) is 5.92 Å². The second kappa shape index (κ2) is 5.96. The van der Waals surface area contributed by atoms with Crippen LogP contribution in [0, 0.1) is 5.92 Å². The van der Waals surface area contributed by atoms with Crippen molar-refractivity contribution in [1.29, 1.82) is 0 Å². The van der Waals surface area contributed by atoms with Gasteiger partial charge in [-0.3, -0.25) is 4.79 Å². The number of carbonyl (C=O) groups is 2. The molecule has 0 bridgehead atoms. The van der Waals surface area contributed by atoms with Crippen molar-refractivity contribution in [2.45, 2.75) is 31.7 Å². The molecule has 1 aromatic heterocycles. The summed E-state index contributed by atoms with van der Waals surface area (Å²) < 4.78 is 0. The van der Waals surface area contributed by atoms with Gasteiger partial charge in [0.1, 0.15) is 5.37 Å². The van der Waals surface area contributed by atoms with Crippen LogP contribution in [0.3, 0.4) is 0 Å². The van der Waals surface area contributed by atoms with Gasteiger partial charge in [-0.15, -0.1) is 23.1 Å². The number of hydrogen-bond donors (Lipinski definition) is 0. The number of nitrogens with zero attached hydrogens (tertiary/aromatic N) is 1. The lowest BCUT2D eigenvalue weighted by molar-refractivity contribution is -0.312. The van der Waals surface area contributed by atoms with Crippen molar-refractivity contribution in [3.05, 3.63) is 22.4 Å². The summed E-state index contributed by atoms with van der Waals surface area (Å²) >= 11 is 3.03. The normalized spacial score (nSPS) is 21.1. The Bertz CT molecular complexity index is 458. The van der Waals surface area contributed by atoms with Crippen LogP contribution in [0.5, 0.6) is 0 Å². The van der Waals surface area contributed by atoms with E-state index in [0.29, 0.717) is 12.2 Å². The van der Waals surface area contributed by atoms with Crippen molar-refractivity contribution in [2.75, 3.05) is 5.75 Å². The van der Waals surface area contributed by atoms with E-state index in [1.807, 2.05) is 31.4 Å². The molecule has 1 aliphatic rings. The van der Waals surface area contributed by atoms with Gasteiger partial charge in [-0.05, 0) is 23.8 Å². The number of amides is 1. The minimum Gasteiger partial charge on any atom is -0.548 e. The topological polar surface area (TPSA) is 60.4 Å². The Balaban J connectivity index is 2.26. The summed E-state index contributed by atoms with van der Waals surface area (Å²) in [6, 6.07) is 3.02. The monoisotopic (exact) mass is 298 g/mol. The second-order valence-electron chi connectivity index (χ2n) is 4.94. The molecule has 0 N–H and O–H groups in total. The highest BCUT2D eigenvalue weighted by Gasteiger charge is 2.38. The molecule has 0 unspecified atom stereocenters. The van der Waals surface area contributed by atoms with Gasteiger partial charge in [0.15, 0.2) is 0 Å². The van der Waals surface area contributed by atoms with E-state index in [4.69, 9.17) is 0 Å². The lowest BCUT2D eigenvalue weighted by atomic mass is 10.0. The third-order valence-electron chi connectivity index (χ3n) is 2.99. The number of carboxylic acid groups (broad SMARTS) is 1. The maximum absolute atomic E-state index is 12.0. The van der Waals surface area contributed by atoms with E-state index >= 15 is 0 Å². The van der Waals surface area contributed by atoms with Crippen LogP contribution in [0.1, 0.15) is 30.5 Å². The van der Waals surface area contributed by atoms with Crippen LogP contribution in [0.4, 0.5) is 0 Å². The zero-order chi connectivity index (χ0) is 14.0. The van der Waals surface area contributed by atoms with E-state index < -0.39 is 12.0 Å². The Labute approximate surface area is 120 Å². The van der Waals surface area contributed by atoms with Crippen molar-refractivity contribution in [3.63, 3.8) is 0 Å². The molecule has 1 aliphatic heterocycles. The van der Waals surface area contributed by atoms with Gasteiger partial charge in [-0.1, -0.05) is 19.9 Å². The SMILES string of the molecule is CC(C)C[C@H](C(=O)[O-])N1C(=O)CS[C@H]1c1cccs1. The number of carboxylic acids is 1. The summed E-state index contributed by atoms with van der Waals surface area (Å²) in [6.45, 7) is 3.90. The number of hydrogen-bond acceptors (Lipinski definition) is 5. The quantitative estimate of drug-likeness (QED) is 0.826. The summed E-state index contributed by atoms with van der Waals surface area (Å²) in [5.41, 5.74) is 0. The van der Waals surface area contributed by atoms with E-state index in [2.05, 4.69) is 0 Å². The molecule has 0 radical (unpaired) electrons. The van der Waals surface area contributed by atoms with Gasteiger partial charge in [-0.25, -0.2) is 0 Å². The van der Waals surface area contributed by atoms with Crippen LogP contribution in [0.15, 0.2) is 17.5 Å². The van der Waals surface area contributed by atoms with Crippen LogP contribution in [-0.2, 0) is 9.59 Å². The van der Waals surface area contributed by atoms with E-state index in [-0.39, 0.29) is 17.2 Å². The fraction of sp³-hybridized carbons (Fsp3) is 0.538. The fourth-order valence-corrected chi connectivity index (χ4v) is 4.38. The second-order valence-corrected chi connectivity index (χ2v) is 6.99. The Morgan fingerprint density at radius 1 is 1.58 bits per heavy atom. The molecule has 2 heterocycles. The van der Waals surface area contributed by atoms with Gasteiger partial charge in [0, 0.05) is 4.88 Å². The molecular weight excluding hydrogens is 282 g/mol. The number of thioether (sulfide) groups is 1. The Hall–Kier alpha value is -1.01. The lowest BCUT2D eigenvalue weighted by Crippen LogP contribution is -2.50. The molecule has 0 aliphatic carbocycles. The predicted molar refractivity (Wildman–Crippen MR) is 74.6 cm³/mol. The summed E-state index contributed by atoms with van der Waals surface area (Å²) in [5, 5.41) is 13.1. The molecule has 0 spiro atoms. The summed E-state index contributed by atoms with van der Waals surface area (Å²) in [4.78, 5) is 25.9. The predicted octanol–water partition coefficient (Wildman–Crippen LogP) is 1.49. The minimum atomic E-state index is -1.16. The van der Waals surface area contributed by atoms with Gasteiger partial charge >= 0.3 is 0 Å². The van der Waals surface area contributed by atoms with Crippen LogP contribution in [0.25, 0.3) is 0 Å². The average molecular weight is 298 g/mol. The van der Waals surface area contributed by atoms with E-state index in [1.165, 1.54) is 16.7 Å². The first-order valence-corrected chi connectivity index (χ1v) is 8.10. The van der Waals surface area contributed by atoms with Crippen LogP contribution in [0.2, 0.25) is 0 Å². The van der Waals surface area contributed by atoms with Crippen molar-refractivity contribution < 1.29 is 14.7 Å². The van der Waals surface area contributed by atoms with Gasteiger partial charge in [0.25, 0.3) is 0 Å². The average Bonchev–Trinajstić information content (AvgIpc) is 2.94. The standard InChI is InChI=1S/C13H17NO3S2/c1-8(2)6-9(13(16)17)14-11(15)7-19-12(14)10-4-3-5-18-10/h3-5,8-9,12H,6-7H2,1-2H3,(H,16,17)/p-1/t9-,12+/m1/s1. The molecule has 19 heavy (non-hydrogen) atoms. The molecule has 104 valence electrons. The Kier molecular flexibility index (Phi) is 4.52. The largest absolute Gasteiger partial charge is 0.548 e. The van der Waals surface area contributed by atoms with Gasteiger partial charge in [-0.2, -0.15) is 0 Å². The fourth-order valence-electron chi connectivity index (χ4n) is 2.19. The molecule has 1 amide bonds. The number of aliphatic carboxylic acids is 1. The van der Waals surface area contributed by atoms with Crippen LogP contribution < -0.4 is 5.11 Å². The third-order valence-corrected chi connectivity index (χ3v) is 5.28. The van der Waals surface area contributed by atoms with Gasteiger partial charge in [0.2, 0.25) is 5.91 Å². The molecular formula is C13H16NO3S2-. The summed E-state index contributed by atoms with van der Waals surface area (Å²) in [7, 11) is 0. The van der Waals surface area contributed by atoms with Crippen molar-refractivity contribution in [1.82, 2.24) is 4.90 Å². The third kappa shape index (κ3) is 3.12. The van der Waals surface area contributed by atoms with E-state index in [9.17, 15) is 14.7 Å². The molecule has 2 atom stereocenters. The molecule has 4 nitrogen and oxygen atoms in total. The zero-order valence-corrected chi connectivity index (χ0v) is 12.5. The molecule has 1 fully saturated rings. The summed E-state index contributed by atoms with van der Waals surface area (Å²) in [5.74, 6) is -0.737. The smallest absolute Gasteiger partial charge is 0.234 e. The Morgan fingerprint density at radius 2 is 2.32 bits per heavy atom. The van der Waals surface area contributed by atoms with E-state index in [1.54, 1.807) is 11.3 Å². The molecule has 0 saturated carbocycles.